The molecule has 0 spiro atoms. The molecule has 5 rings (SSSR count). The predicted octanol–water partition coefficient (Wildman–Crippen LogP) is 4.74. The van der Waals surface area contributed by atoms with Gasteiger partial charge in [0.15, 0.2) is 5.82 Å². The minimum absolute atomic E-state index is 0.0703. The molecule has 0 bridgehead atoms. The lowest BCUT2D eigenvalue weighted by molar-refractivity contribution is -0.155. The number of carbonyl (C=O) groups excluding carboxylic acids is 1. The molecule has 1 aromatic carbocycles. The van der Waals surface area contributed by atoms with E-state index in [0.717, 1.165) is 50.2 Å². The van der Waals surface area contributed by atoms with Gasteiger partial charge in [0.05, 0.1) is 23.5 Å². The minimum Gasteiger partial charge on any atom is -0.460 e. The Labute approximate surface area is 226 Å². The average molecular weight is 532 g/mol. The largest absolute Gasteiger partial charge is 0.460 e. The fourth-order valence-electron chi connectivity index (χ4n) is 4.76. The number of hydrogen-bond acceptors (Lipinski definition) is 8. The van der Waals surface area contributed by atoms with Gasteiger partial charge in [-0.25, -0.2) is 0 Å². The van der Waals surface area contributed by atoms with Crippen molar-refractivity contribution in [3.05, 3.63) is 69.2 Å². The van der Waals surface area contributed by atoms with E-state index in [1.807, 2.05) is 50.1 Å². The molecule has 38 heavy (non-hydrogen) atoms. The van der Waals surface area contributed by atoms with E-state index in [1.54, 1.807) is 11.3 Å². The van der Waals surface area contributed by atoms with Crippen molar-refractivity contribution in [3.8, 4) is 16.3 Å². The first-order valence-corrected chi connectivity index (χ1v) is 13.4. The van der Waals surface area contributed by atoms with Crippen LogP contribution in [0.3, 0.4) is 0 Å². The summed E-state index contributed by atoms with van der Waals surface area (Å²) >= 11 is 1.69. The van der Waals surface area contributed by atoms with E-state index in [1.165, 1.54) is 4.88 Å². The lowest BCUT2D eigenvalue weighted by Gasteiger charge is -2.21. The Morgan fingerprint density at radius 2 is 1.79 bits per heavy atom. The Balaban J connectivity index is 1.63. The number of rotatable bonds is 5. The molecule has 3 aromatic heterocycles. The number of esters is 1. The second-order valence-electron chi connectivity index (χ2n) is 10.6. The van der Waals surface area contributed by atoms with E-state index < -0.39 is 11.6 Å². The fourth-order valence-corrected chi connectivity index (χ4v) is 5.98. The Kier molecular flexibility index (Phi) is 6.56. The van der Waals surface area contributed by atoms with Crippen LogP contribution >= 0.6 is 11.3 Å². The fraction of sp³-hybridized carbons (Fsp3) is 0.393. The summed E-state index contributed by atoms with van der Waals surface area (Å²) in [4.78, 5) is 19.3. The monoisotopic (exact) mass is 531 g/mol. The smallest absolute Gasteiger partial charge is 0.308 e. The number of hydrogen-bond donors (Lipinski definition) is 1. The van der Waals surface area contributed by atoms with Crippen LogP contribution in [0.4, 0.5) is 0 Å². The molecule has 0 saturated heterocycles. The summed E-state index contributed by atoms with van der Waals surface area (Å²) in [5.74, 6) is 1.08. The lowest BCUT2D eigenvalue weighted by Crippen LogP contribution is -2.25. The molecule has 0 saturated carbocycles. The van der Waals surface area contributed by atoms with Gasteiger partial charge in [-0.1, -0.05) is 24.3 Å². The van der Waals surface area contributed by atoms with Crippen LogP contribution in [0.1, 0.15) is 72.1 Å². The molecular weight excluding hydrogens is 498 g/mol. The van der Waals surface area contributed by atoms with E-state index in [4.69, 9.17) is 15.5 Å². The van der Waals surface area contributed by atoms with Crippen molar-refractivity contribution < 1.29 is 9.53 Å². The van der Waals surface area contributed by atoms with Gasteiger partial charge in [-0.05, 0) is 58.7 Å². The molecule has 1 aliphatic heterocycles. The first-order valence-electron chi connectivity index (χ1n) is 12.6. The van der Waals surface area contributed by atoms with Crippen molar-refractivity contribution in [1.29, 1.82) is 0 Å². The van der Waals surface area contributed by atoms with E-state index in [0.29, 0.717) is 12.4 Å². The van der Waals surface area contributed by atoms with E-state index in [2.05, 4.69) is 53.4 Å². The predicted molar refractivity (Wildman–Crippen MR) is 149 cm³/mol. The van der Waals surface area contributed by atoms with Gasteiger partial charge in [0, 0.05) is 29.6 Å². The summed E-state index contributed by atoms with van der Waals surface area (Å²) in [6, 6.07) is 9.76. The summed E-state index contributed by atoms with van der Waals surface area (Å²) in [5.41, 5.74) is 12.1. The highest BCUT2D eigenvalue weighted by molar-refractivity contribution is 7.15. The van der Waals surface area contributed by atoms with Gasteiger partial charge < -0.3 is 10.5 Å². The first kappa shape index (κ1) is 26.0. The number of aryl methyl sites for hydroxylation is 3. The van der Waals surface area contributed by atoms with Crippen molar-refractivity contribution in [2.45, 2.75) is 66.2 Å². The molecule has 1 atom stereocenters. The van der Waals surface area contributed by atoms with Crippen LogP contribution in [0.15, 0.2) is 35.3 Å². The summed E-state index contributed by atoms with van der Waals surface area (Å²) in [5, 5.41) is 14.3. The number of aliphatic imine (C=N–C) groups is 1. The molecule has 4 aromatic rings. The van der Waals surface area contributed by atoms with Crippen molar-refractivity contribution >= 4 is 23.0 Å². The molecule has 1 aliphatic rings. The maximum absolute atomic E-state index is 12.9. The van der Waals surface area contributed by atoms with E-state index in [9.17, 15) is 4.79 Å². The third-order valence-electron chi connectivity index (χ3n) is 6.61. The molecular formula is C28H33N7O2S. The van der Waals surface area contributed by atoms with Crippen molar-refractivity contribution in [1.82, 2.24) is 24.5 Å². The van der Waals surface area contributed by atoms with Gasteiger partial charge in [-0.3, -0.25) is 19.0 Å². The van der Waals surface area contributed by atoms with Gasteiger partial charge >= 0.3 is 5.97 Å². The van der Waals surface area contributed by atoms with Crippen LogP contribution in [0.2, 0.25) is 0 Å². The van der Waals surface area contributed by atoms with Crippen molar-refractivity contribution in [2.24, 2.45) is 17.8 Å². The topological polar surface area (TPSA) is 113 Å². The highest BCUT2D eigenvalue weighted by Gasteiger charge is 2.33. The maximum Gasteiger partial charge on any atom is 0.308 e. The second kappa shape index (κ2) is 9.59. The number of nitrogens with zero attached hydrogens (tertiary/aromatic N) is 6. The molecule has 0 amide bonds. The summed E-state index contributed by atoms with van der Waals surface area (Å²) in [6.07, 6.45) is 0.0703. The molecule has 0 unspecified atom stereocenters. The Morgan fingerprint density at radius 3 is 2.42 bits per heavy atom. The van der Waals surface area contributed by atoms with E-state index >= 15 is 0 Å². The van der Waals surface area contributed by atoms with Gasteiger partial charge in [0.2, 0.25) is 0 Å². The highest BCUT2D eigenvalue weighted by atomic mass is 32.1. The third kappa shape index (κ3) is 4.69. The highest BCUT2D eigenvalue weighted by Crippen LogP contribution is 2.40. The van der Waals surface area contributed by atoms with Gasteiger partial charge in [-0.2, -0.15) is 5.10 Å². The van der Waals surface area contributed by atoms with Crippen LogP contribution < -0.4 is 5.73 Å². The van der Waals surface area contributed by atoms with Crippen LogP contribution in [0.25, 0.3) is 16.3 Å². The third-order valence-corrected chi connectivity index (χ3v) is 7.81. The molecule has 0 radical (unpaired) electrons. The average Bonchev–Trinajstić information content (AvgIpc) is 3.48. The van der Waals surface area contributed by atoms with Crippen LogP contribution in [0.5, 0.6) is 0 Å². The maximum atomic E-state index is 12.9. The number of fused-ring (bicyclic) bond motifs is 3. The number of nitrogens with two attached hydrogens (primary N) is 1. The molecule has 4 heterocycles. The van der Waals surface area contributed by atoms with Gasteiger partial charge in [0.25, 0.3) is 0 Å². The molecule has 198 valence electrons. The number of benzene rings is 1. The standard InChI is InChI=1S/C28H33N7O2S/c1-15-16(2)38-27-24(15)25(19-10-8-18(9-11-19)22-12-20(14-29)33-34(22)7)30-21(13-23(36)37-28(4,5)6)26-32-31-17(3)35(26)27/h8-12,21H,13-14,29H2,1-7H3/t21-/m0/s1. The summed E-state index contributed by atoms with van der Waals surface area (Å²) in [6.45, 7) is 12.1. The molecule has 2 N–H and O–H groups in total. The van der Waals surface area contributed by atoms with Gasteiger partial charge in [-0.15, -0.1) is 21.5 Å². The quantitative estimate of drug-likeness (QED) is 0.372. The van der Waals surface area contributed by atoms with Gasteiger partial charge in [0.1, 0.15) is 22.5 Å². The minimum atomic E-state index is -0.588. The first-order chi connectivity index (χ1) is 18.0. The van der Waals surface area contributed by atoms with Crippen molar-refractivity contribution in [2.75, 3.05) is 0 Å². The Morgan fingerprint density at radius 1 is 1.11 bits per heavy atom. The molecule has 9 nitrogen and oxygen atoms in total. The van der Waals surface area contributed by atoms with Crippen LogP contribution in [-0.2, 0) is 23.1 Å². The van der Waals surface area contributed by atoms with Crippen LogP contribution in [-0.4, -0.2) is 41.8 Å². The van der Waals surface area contributed by atoms with Crippen molar-refractivity contribution in [3.63, 3.8) is 0 Å². The SMILES string of the molecule is Cc1sc2c(c1C)C(c1ccc(-c3cc(CN)nn3C)cc1)=N[C@@H](CC(=O)OC(C)(C)C)c1nnc(C)n1-2. The number of carbonyl (C=O) groups is 1. The summed E-state index contributed by atoms with van der Waals surface area (Å²) in [7, 11) is 1.92. The normalized spacial score (nSPS) is 15.1. The lowest BCUT2D eigenvalue weighted by atomic mass is 9.98. The molecule has 0 fully saturated rings. The zero-order chi connectivity index (χ0) is 27.4. The Hall–Kier alpha value is -3.63. The Bertz CT molecular complexity index is 1550. The number of aromatic nitrogens is 5. The van der Waals surface area contributed by atoms with Crippen LogP contribution in [0, 0.1) is 20.8 Å². The number of thiophene rings is 1. The molecule has 0 aliphatic carbocycles. The number of ether oxygens (including phenoxy) is 1. The van der Waals surface area contributed by atoms with E-state index in [-0.39, 0.29) is 12.4 Å². The summed E-state index contributed by atoms with van der Waals surface area (Å²) < 4.78 is 9.54. The second-order valence-corrected chi connectivity index (χ2v) is 11.8. The zero-order valence-corrected chi connectivity index (χ0v) is 23.7. The zero-order valence-electron chi connectivity index (χ0n) is 22.9. The molecule has 10 heteroatoms.